The molecule has 6 N–H and O–H groups in total. The van der Waals surface area contributed by atoms with Gasteiger partial charge in [0.25, 0.3) is 0 Å². The van der Waals surface area contributed by atoms with Gasteiger partial charge in [0.2, 0.25) is 11.7 Å². The molecule has 0 radical (unpaired) electrons. The lowest BCUT2D eigenvalue weighted by atomic mass is 9.95. The molecule has 2 rings (SSSR count). The maximum absolute atomic E-state index is 11.8. The lowest BCUT2D eigenvalue weighted by Crippen LogP contribution is -2.68. The van der Waals surface area contributed by atoms with Gasteiger partial charge in [-0.05, 0) is 27.7 Å². The molecule has 2 saturated heterocycles. The fourth-order valence-corrected chi connectivity index (χ4v) is 4.63. The largest absolute Gasteiger partial charge is 0.479 e. The van der Waals surface area contributed by atoms with Crippen LogP contribution in [-0.4, -0.2) is 119 Å². The molecule has 0 aromatic heterocycles. The molecule has 0 aromatic carbocycles. The third-order valence-corrected chi connectivity index (χ3v) is 5.85. The smallest absolute Gasteiger partial charge is 0.400 e. The Morgan fingerprint density at radius 1 is 1.05 bits per heavy atom. The van der Waals surface area contributed by atoms with Crippen LogP contribution in [0, 0.1) is 0 Å². The zero-order valence-electron chi connectivity index (χ0n) is 20.9. The molecule has 216 valence electrons. The summed E-state index contributed by atoms with van der Waals surface area (Å²) in [5, 5.41) is 43.3. The molecular weight excluding hydrogens is 526 g/mol. The molecule has 0 bridgehead atoms. The van der Waals surface area contributed by atoms with Crippen LogP contribution >= 0.6 is 0 Å². The first-order valence-electron chi connectivity index (χ1n) is 11.4. The minimum Gasteiger partial charge on any atom is -0.479 e. The lowest BCUT2D eigenvalue weighted by Gasteiger charge is -2.50. The third kappa shape index (κ3) is 8.24. The van der Waals surface area contributed by atoms with Crippen LogP contribution < -0.4 is 5.32 Å². The van der Waals surface area contributed by atoms with Gasteiger partial charge in [-0.25, -0.2) is 8.98 Å². The molecule has 37 heavy (non-hydrogen) atoms. The molecule has 2 heterocycles. The summed E-state index contributed by atoms with van der Waals surface area (Å²) >= 11 is 0. The van der Waals surface area contributed by atoms with E-state index >= 15 is 0 Å². The molecule has 1 amide bonds. The number of carboxylic acids is 1. The van der Waals surface area contributed by atoms with E-state index in [1.165, 1.54) is 0 Å². The molecule has 0 saturated carbocycles. The highest BCUT2D eigenvalue weighted by Crippen LogP contribution is 2.39. The summed E-state index contributed by atoms with van der Waals surface area (Å²) in [4.78, 5) is 23.7. The van der Waals surface area contributed by atoms with E-state index in [2.05, 4.69) is 5.32 Å². The summed E-state index contributed by atoms with van der Waals surface area (Å²) in [6.45, 7) is 6.55. The number of hydrogen-bond acceptors (Lipinski definition) is 13. The van der Waals surface area contributed by atoms with Crippen molar-refractivity contribution in [2.24, 2.45) is 0 Å². The minimum absolute atomic E-state index is 0.454. The van der Waals surface area contributed by atoms with E-state index < -0.39 is 102 Å². The molecule has 2 aliphatic rings. The fraction of sp³-hybridized carbons (Fsp3) is 0.900. The van der Waals surface area contributed by atoms with E-state index in [1.807, 2.05) is 0 Å². The van der Waals surface area contributed by atoms with Gasteiger partial charge in [-0.1, -0.05) is 0 Å². The van der Waals surface area contributed by atoms with Gasteiger partial charge in [-0.3, -0.25) is 9.35 Å². The normalized spacial score (nSPS) is 37.1. The second-order valence-electron chi connectivity index (χ2n) is 9.21. The van der Waals surface area contributed by atoms with Crippen molar-refractivity contribution in [3.8, 4) is 0 Å². The SMILES string of the molecule is CC(=O)N[C@H]1C[C@@](OC2OC(C(=O)O)C(OC(C)C)C(O)C2O)(OS(=O)(=O)O)C(CO)OC1OC(C)C. The Hall–Kier alpha value is -1.51. The van der Waals surface area contributed by atoms with Gasteiger partial charge in [0, 0.05) is 13.3 Å². The number of aliphatic hydroxyl groups excluding tert-OH is 3. The average Bonchev–Trinajstić information content (AvgIpc) is 2.72. The lowest BCUT2D eigenvalue weighted by molar-refractivity contribution is -0.400. The van der Waals surface area contributed by atoms with E-state index in [9.17, 15) is 43.0 Å². The first kappa shape index (κ1) is 31.7. The second kappa shape index (κ2) is 12.6. The number of hydrogen-bond donors (Lipinski definition) is 6. The molecule has 9 atom stereocenters. The van der Waals surface area contributed by atoms with E-state index in [-0.39, 0.29) is 0 Å². The summed E-state index contributed by atoms with van der Waals surface area (Å²) < 4.78 is 65.4. The Bertz CT molecular complexity index is 898. The number of nitrogens with one attached hydrogen (secondary N) is 1. The number of amides is 1. The number of carbonyl (C=O) groups is 2. The van der Waals surface area contributed by atoms with Crippen LogP contribution in [0.4, 0.5) is 0 Å². The van der Waals surface area contributed by atoms with Gasteiger partial charge in [0.1, 0.15) is 24.4 Å². The zero-order valence-corrected chi connectivity index (χ0v) is 21.7. The van der Waals surface area contributed by atoms with E-state index in [0.29, 0.717) is 0 Å². The van der Waals surface area contributed by atoms with Crippen LogP contribution in [-0.2, 0) is 47.9 Å². The standard InChI is InChI=1S/C20H35NO15S/c1-8(2)31-15-13(24)14(25)19(34-16(15)17(26)27)35-20(36-37(28,29)30)6-11(21-10(5)23)18(32-9(3)4)33-12(20)7-22/h8-9,11-16,18-19,22,24-25H,6-7H2,1-5H3,(H,21,23)(H,26,27)(H,28,29,30)/t11-,12?,13?,14?,15?,16?,18?,19?,20+/m0/s1. The number of carbonyl (C=O) groups excluding carboxylic acids is 1. The molecule has 0 aromatic rings. The van der Waals surface area contributed by atoms with Crippen molar-refractivity contribution in [1.29, 1.82) is 0 Å². The van der Waals surface area contributed by atoms with Crippen LogP contribution in [0.3, 0.4) is 0 Å². The average molecular weight is 562 g/mol. The number of ether oxygens (including phenoxy) is 5. The molecule has 2 fully saturated rings. The molecular formula is C20H35NO15S. The van der Waals surface area contributed by atoms with Crippen LogP contribution in [0.5, 0.6) is 0 Å². The number of carboxylic acid groups (broad SMARTS) is 1. The molecule has 2 aliphatic heterocycles. The van der Waals surface area contributed by atoms with Crippen molar-refractivity contribution in [3.63, 3.8) is 0 Å². The van der Waals surface area contributed by atoms with E-state index in [0.717, 1.165) is 6.92 Å². The molecule has 0 spiro atoms. The van der Waals surface area contributed by atoms with Crippen LogP contribution in [0.15, 0.2) is 0 Å². The first-order chi connectivity index (χ1) is 17.0. The van der Waals surface area contributed by atoms with Crippen LogP contribution in [0.1, 0.15) is 41.0 Å². The second-order valence-corrected chi connectivity index (χ2v) is 10.2. The number of rotatable bonds is 11. The van der Waals surface area contributed by atoms with Gasteiger partial charge in [0.15, 0.2) is 18.7 Å². The Balaban J connectivity index is 2.50. The molecule has 17 heteroatoms. The Morgan fingerprint density at radius 2 is 1.65 bits per heavy atom. The van der Waals surface area contributed by atoms with Crippen molar-refractivity contribution < 1.29 is 70.9 Å². The van der Waals surface area contributed by atoms with Crippen LogP contribution in [0.25, 0.3) is 0 Å². The highest BCUT2D eigenvalue weighted by Gasteiger charge is 2.59. The number of aliphatic carboxylic acids is 1. The Kier molecular flexibility index (Phi) is 10.8. The summed E-state index contributed by atoms with van der Waals surface area (Å²) in [6.07, 6.45) is -14.1. The van der Waals surface area contributed by atoms with E-state index in [1.54, 1.807) is 27.7 Å². The highest BCUT2D eigenvalue weighted by atomic mass is 32.3. The van der Waals surface area contributed by atoms with Crippen molar-refractivity contribution in [1.82, 2.24) is 5.32 Å². The van der Waals surface area contributed by atoms with Crippen molar-refractivity contribution in [2.75, 3.05) is 6.61 Å². The fourth-order valence-electron chi connectivity index (χ4n) is 4.06. The molecule has 7 unspecified atom stereocenters. The van der Waals surface area contributed by atoms with Crippen molar-refractivity contribution in [3.05, 3.63) is 0 Å². The van der Waals surface area contributed by atoms with Crippen molar-refractivity contribution in [2.45, 2.75) is 108 Å². The van der Waals surface area contributed by atoms with Gasteiger partial charge in [-0.15, -0.1) is 0 Å². The first-order valence-corrected chi connectivity index (χ1v) is 12.8. The topological polar surface area (TPSA) is 237 Å². The summed E-state index contributed by atoms with van der Waals surface area (Å²) in [5.74, 6) is -4.90. The van der Waals surface area contributed by atoms with Crippen molar-refractivity contribution >= 4 is 22.3 Å². The predicted molar refractivity (Wildman–Crippen MR) is 119 cm³/mol. The van der Waals surface area contributed by atoms with Gasteiger partial charge < -0.3 is 49.4 Å². The van der Waals surface area contributed by atoms with Gasteiger partial charge in [-0.2, -0.15) is 8.42 Å². The van der Waals surface area contributed by atoms with Crippen LogP contribution in [0.2, 0.25) is 0 Å². The van der Waals surface area contributed by atoms with E-state index in [4.69, 9.17) is 27.9 Å². The van der Waals surface area contributed by atoms with Gasteiger partial charge >= 0.3 is 16.4 Å². The monoisotopic (exact) mass is 561 g/mol. The zero-order chi connectivity index (χ0) is 28.3. The van der Waals surface area contributed by atoms with Gasteiger partial charge in [0.05, 0.1) is 24.9 Å². The molecule has 16 nitrogen and oxygen atoms in total. The Morgan fingerprint density at radius 3 is 2.11 bits per heavy atom. The predicted octanol–water partition coefficient (Wildman–Crippen LogP) is -2.12. The summed E-state index contributed by atoms with van der Waals surface area (Å²) in [5.41, 5.74) is 0. The molecule has 0 aliphatic carbocycles. The number of aliphatic hydroxyl groups is 3. The Labute approximate surface area is 213 Å². The maximum atomic E-state index is 11.8. The maximum Gasteiger partial charge on any atom is 0.400 e. The minimum atomic E-state index is -5.37. The highest BCUT2D eigenvalue weighted by molar-refractivity contribution is 7.80. The quantitative estimate of drug-likeness (QED) is 0.117. The summed E-state index contributed by atoms with van der Waals surface area (Å²) in [6, 6.07) is -1.19. The third-order valence-electron chi connectivity index (χ3n) is 5.36. The summed E-state index contributed by atoms with van der Waals surface area (Å²) in [7, 11) is -5.37.